The van der Waals surface area contributed by atoms with Crippen molar-refractivity contribution < 1.29 is 23.8 Å². The minimum atomic E-state index is -0.0649. The van der Waals surface area contributed by atoms with E-state index in [1.165, 1.54) is 43.6 Å². The van der Waals surface area contributed by atoms with Crippen LogP contribution in [0.1, 0.15) is 49.8 Å². The fourth-order valence-corrected chi connectivity index (χ4v) is 5.05. The molecule has 2 aromatic rings. The number of fused-ring (bicyclic) bond motifs is 1. The highest BCUT2D eigenvalue weighted by Gasteiger charge is 2.30. The van der Waals surface area contributed by atoms with Crippen molar-refractivity contribution >= 4 is 11.4 Å². The fraction of sp³-hybridized carbons (Fsp3) is 0.519. The summed E-state index contributed by atoms with van der Waals surface area (Å²) in [6, 6.07) is 11.1. The van der Waals surface area contributed by atoms with Crippen LogP contribution in [0.5, 0.6) is 23.0 Å². The molecule has 3 aliphatic heterocycles. The molecule has 0 unspecified atom stereocenters. The number of hydrogen-bond donors (Lipinski definition) is 1. The van der Waals surface area contributed by atoms with Gasteiger partial charge in [0.05, 0.1) is 19.9 Å². The van der Waals surface area contributed by atoms with Gasteiger partial charge in [0.1, 0.15) is 6.10 Å². The van der Waals surface area contributed by atoms with Gasteiger partial charge in [-0.3, -0.25) is 0 Å². The third-order valence-electron chi connectivity index (χ3n) is 7.03. The molecule has 188 valence electrons. The maximum Gasteiger partial charge on any atom is 0.231 e. The van der Waals surface area contributed by atoms with Gasteiger partial charge in [0, 0.05) is 49.8 Å². The summed E-state index contributed by atoms with van der Waals surface area (Å²) < 4.78 is 22.3. The number of anilines is 1. The van der Waals surface area contributed by atoms with E-state index in [0.717, 1.165) is 17.7 Å². The Bertz CT molecular complexity index is 1050. The van der Waals surface area contributed by atoms with Crippen molar-refractivity contribution in [3.05, 3.63) is 41.5 Å². The van der Waals surface area contributed by atoms with Crippen LogP contribution in [0.2, 0.25) is 0 Å². The Kier molecular flexibility index (Phi) is 7.18. The highest BCUT2D eigenvalue weighted by Crippen LogP contribution is 2.50. The monoisotopic (exact) mass is 481 g/mol. The second-order valence-electron chi connectivity index (χ2n) is 9.37. The zero-order valence-electron chi connectivity index (χ0n) is 20.8. The lowest BCUT2D eigenvalue weighted by Gasteiger charge is -2.29. The van der Waals surface area contributed by atoms with E-state index in [9.17, 15) is 0 Å². The van der Waals surface area contributed by atoms with E-state index in [-0.39, 0.29) is 18.9 Å². The number of oxime groups is 1. The fourth-order valence-electron chi connectivity index (χ4n) is 5.05. The predicted molar refractivity (Wildman–Crippen MR) is 135 cm³/mol. The summed E-state index contributed by atoms with van der Waals surface area (Å²) in [5.74, 6) is 2.46. The summed E-state index contributed by atoms with van der Waals surface area (Å²) in [5, 5.41) is 7.94. The molecule has 0 aliphatic carbocycles. The molecule has 1 fully saturated rings. The van der Waals surface area contributed by atoms with Gasteiger partial charge in [0.2, 0.25) is 18.3 Å². The number of benzene rings is 2. The summed E-state index contributed by atoms with van der Waals surface area (Å²) in [5.41, 5.74) is 4.57. The number of ether oxygens (including phenoxy) is 4. The number of nitrogens with one attached hydrogen (secondary N) is 1. The maximum atomic E-state index is 5.76. The minimum absolute atomic E-state index is 0.0649. The minimum Gasteiger partial charge on any atom is -0.493 e. The molecule has 2 atom stereocenters. The van der Waals surface area contributed by atoms with Gasteiger partial charge >= 0.3 is 0 Å². The highest BCUT2D eigenvalue weighted by atomic mass is 16.7. The van der Waals surface area contributed by atoms with Gasteiger partial charge in [0.15, 0.2) is 11.5 Å². The zero-order chi connectivity index (χ0) is 24.2. The molecule has 8 nitrogen and oxygen atoms in total. The van der Waals surface area contributed by atoms with Crippen molar-refractivity contribution in [2.45, 2.75) is 51.2 Å². The maximum absolute atomic E-state index is 5.76. The van der Waals surface area contributed by atoms with Gasteiger partial charge in [-0.25, -0.2) is 0 Å². The van der Waals surface area contributed by atoms with Gasteiger partial charge in [-0.1, -0.05) is 17.3 Å². The van der Waals surface area contributed by atoms with Gasteiger partial charge in [0.25, 0.3) is 0 Å². The summed E-state index contributed by atoms with van der Waals surface area (Å²) >= 11 is 0. The van der Waals surface area contributed by atoms with Crippen molar-refractivity contribution in [1.82, 2.24) is 5.32 Å². The van der Waals surface area contributed by atoms with Crippen LogP contribution in [-0.2, 0) is 11.3 Å². The summed E-state index contributed by atoms with van der Waals surface area (Å²) in [4.78, 5) is 8.24. The van der Waals surface area contributed by atoms with Crippen LogP contribution in [0.25, 0.3) is 0 Å². The van der Waals surface area contributed by atoms with Gasteiger partial charge in [-0.15, -0.1) is 0 Å². The van der Waals surface area contributed by atoms with E-state index in [2.05, 4.69) is 46.6 Å². The lowest BCUT2D eigenvalue weighted by Crippen LogP contribution is -2.29. The van der Waals surface area contributed by atoms with E-state index in [1.54, 1.807) is 14.2 Å². The van der Waals surface area contributed by atoms with Crippen molar-refractivity contribution in [1.29, 1.82) is 0 Å². The Balaban J connectivity index is 1.14. The van der Waals surface area contributed by atoms with E-state index in [4.69, 9.17) is 23.8 Å². The molecule has 3 aliphatic rings. The Labute approximate surface area is 207 Å². The van der Waals surface area contributed by atoms with Crippen LogP contribution >= 0.6 is 0 Å². The topological polar surface area (TPSA) is 73.8 Å². The lowest BCUT2D eigenvalue weighted by molar-refractivity contribution is 0.0853. The van der Waals surface area contributed by atoms with Crippen LogP contribution in [-0.4, -0.2) is 52.5 Å². The van der Waals surface area contributed by atoms with E-state index in [0.29, 0.717) is 36.0 Å². The number of nitrogens with zero attached hydrogens (tertiary/aromatic N) is 2. The Morgan fingerprint density at radius 1 is 1.06 bits per heavy atom. The number of piperidine rings is 1. The number of methoxy groups -OCH3 is 2. The van der Waals surface area contributed by atoms with Gasteiger partial charge in [-0.2, -0.15) is 0 Å². The van der Waals surface area contributed by atoms with Crippen molar-refractivity contribution in [3.8, 4) is 23.0 Å². The average Bonchev–Trinajstić information content (AvgIpc) is 3.57. The molecule has 1 N–H and O–H groups in total. The molecule has 5 rings (SSSR count). The second-order valence-corrected chi connectivity index (χ2v) is 9.37. The van der Waals surface area contributed by atoms with Crippen molar-refractivity contribution in [3.63, 3.8) is 0 Å². The average molecular weight is 482 g/mol. The van der Waals surface area contributed by atoms with Gasteiger partial charge in [-0.05, 0) is 49.9 Å². The van der Waals surface area contributed by atoms with Crippen molar-refractivity contribution in [2.24, 2.45) is 5.16 Å². The quantitative estimate of drug-likeness (QED) is 0.567. The largest absolute Gasteiger partial charge is 0.493 e. The van der Waals surface area contributed by atoms with Crippen molar-refractivity contribution in [2.75, 3.05) is 45.5 Å². The van der Waals surface area contributed by atoms with E-state index >= 15 is 0 Å². The first-order valence-corrected chi connectivity index (χ1v) is 12.5. The number of hydrogen-bond acceptors (Lipinski definition) is 8. The first kappa shape index (κ1) is 23.6. The second kappa shape index (κ2) is 10.6. The lowest BCUT2D eigenvalue weighted by atomic mass is 10.0. The molecule has 3 heterocycles. The van der Waals surface area contributed by atoms with E-state index < -0.39 is 0 Å². The molecule has 0 saturated carbocycles. The molecule has 0 amide bonds. The Hall–Kier alpha value is -3.13. The molecule has 0 radical (unpaired) electrons. The zero-order valence-corrected chi connectivity index (χ0v) is 20.8. The molecule has 0 aromatic heterocycles. The molecular weight excluding hydrogens is 446 g/mol. The summed E-state index contributed by atoms with van der Waals surface area (Å²) in [6.45, 7) is 5.36. The molecule has 8 heteroatoms. The standard InChI is InChI=1S/C27H35N3O5/c1-18(19-7-9-22(10-8-19)30-11-5-4-6-12-30)28-16-21-15-23(35-29-21)13-20-14-24(31-2)26-27(25(20)32-3)34-17-33-26/h7-10,14,18,23,28H,4-6,11-13,15-17H2,1-3H3/t18-,23+/m0/s1. The molecule has 35 heavy (non-hydrogen) atoms. The van der Waals surface area contributed by atoms with Crippen LogP contribution in [0.15, 0.2) is 35.5 Å². The van der Waals surface area contributed by atoms with Crippen LogP contribution < -0.4 is 29.2 Å². The first-order chi connectivity index (χ1) is 17.2. The molecule has 0 spiro atoms. The normalized spacial score (nSPS) is 19.8. The van der Waals surface area contributed by atoms with Gasteiger partial charge < -0.3 is 34.0 Å². The number of rotatable bonds is 9. The Morgan fingerprint density at radius 3 is 2.57 bits per heavy atom. The third kappa shape index (κ3) is 5.12. The SMILES string of the molecule is COc1cc(C[C@@H]2CC(CN[C@@H](C)c3ccc(N4CCCCC4)cc3)=NO2)c(OC)c2c1OCO2. The predicted octanol–water partition coefficient (Wildman–Crippen LogP) is 4.46. The first-order valence-electron chi connectivity index (χ1n) is 12.5. The highest BCUT2D eigenvalue weighted by molar-refractivity contribution is 5.87. The molecule has 1 saturated heterocycles. The summed E-state index contributed by atoms with van der Waals surface area (Å²) in [6.07, 6.45) is 5.26. The Morgan fingerprint density at radius 2 is 1.83 bits per heavy atom. The van der Waals surface area contributed by atoms with Crippen LogP contribution in [0.3, 0.4) is 0 Å². The smallest absolute Gasteiger partial charge is 0.231 e. The summed E-state index contributed by atoms with van der Waals surface area (Å²) in [7, 11) is 3.25. The third-order valence-corrected chi connectivity index (χ3v) is 7.03. The molecule has 2 aromatic carbocycles. The van der Waals surface area contributed by atoms with Crippen LogP contribution in [0.4, 0.5) is 5.69 Å². The molecule has 0 bridgehead atoms. The van der Waals surface area contributed by atoms with Crippen LogP contribution in [0, 0.1) is 0 Å². The molecular formula is C27H35N3O5. The van der Waals surface area contributed by atoms with E-state index in [1.807, 2.05) is 6.07 Å².